The number of carbonyl (C=O) groups excluding carboxylic acids is 3. The first-order valence-electron chi connectivity index (χ1n) is 18.6. The first kappa shape index (κ1) is 39.7. The SMILES string of the molecule is CCCCC(CC)COc1ccccc1C(=O)[Si](CCC)(C(=O)c1ccccc1OCC)C(=O)c1ccccc1OCC(CC)CCCC. The summed E-state index contributed by atoms with van der Waals surface area (Å²) in [6.45, 7) is 13.7. The Morgan fingerprint density at radius 2 is 0.898 bits per heavy atom. The van der Waals surface area contributed by atoms with Crippen molar-refractivity contribution in [3.8, 4) is 17.2 Å². The molecule has 3 aromatic rings. The van der Waals surface area contributed by atoms with Crippen LogP contribution in [0.1, 0.15) is 130 Å². The molecule has 3 aromatic carbocycles. The number of para-hydroxylation sites is 3. The molecule has 0 spiro atoms. The quantitative estimate of drug-likeness (QED) is 0.0873. The van der Waals surface area contributed by atoms with Crippen molar-refractivity contribution in [3.63, 3.8) is 0 Å². The molecule has 0 aromatic heterocycles. The summed E-state index contributed by atoms with van der Waals surface area (Å²) in [7, 11) is -4.28. The number of unbranched alkanes of at least 4 members (excludes halogenated alkanes) is 2. The summed E-state index contributed by atoms with van der Waals surface area (Å²) in [5.74, 6) is 1.90. The summed E-state index contributed by atoms with van der Waals surface area (Å²) in [6.07, 6.45) is 8.90. The lowest BCUT2D eigenvalue weighted by Crippen LogP contribution is -2.59. The molecule has 0 saturated carbocycles. The minimum Gasteiger partial charge on any atom is -0.493 e. The zero-order chi connectivity index (χ0) is 35.6. The number of hydrogen-bond donors (Lipinski definition) is 0. The van der Waals surface area contributed by atoms with Gasteiger partial charge in [0.15, 0.2) is 16.2 Å². The first-order valence-corrected chi connectivity index (χ1v) is 20.8. The molecule has 266 valence electrons. The number of hydrogen-bond acceptors (Lipinski definition) is 6. The van der Waals surface area contributed by atoms with Gasteiger partial charge in [-0.3, -0.25) is 14.4 Å². The van der Waals surface area contributed by atoms with Gasteiger partial charge in [0.1, 0.15) is 17.2 Å². The van der Waals surface area contributed by atoms with Crippen molar-refractivity contribution in [2.75, 3.05) is 19.8 Å². The largest absolute Gasteiger partial charge is 0.493 e. The maximum absolute atomic E-state index is 15.3. The molecule has 0 heterocycles. The fraction of sp³-hybridized carbons (Fsp3) is 0.500. The van der Waals surface area contributed by atoms with Gasteiger partial charge < -0.3 is 14.2 Å². The van der Waals surface area contributed by atoms with Crippen molar-refractivity contribution in [1.29, 1.82) is 0 Å². The van der Waals surface area contributed by atoms with Gasteiger partial charge in [-0.15, -0.1) is 0 Å². The maximum atomic E-state index is 15.3. The molecule has 0 bridgehead atoms. The van der Waals surface area contributed by atoms with E-state index < -0.39 is 24.3 Å². The number of rotatable bonds is 24. The van der Waals surface area contributed by atoms with Gasteiger partial charge in [-0.25, -0.2) is 0 Å². The van der Waals surface area contributed by atoms with Crippen LogP contribution in [0.3, 0.4) is 0 Å². The molecule has 0 amide bonds. The molecule has 0 saturated heterocycles. The van der Waals surface area contributed by atoms with Gasteiger partial charge in [0, 0.05) is 0 Å². The molecule has 7 heteroatoms. The first-order chi connectivity index (χ1) is 23.8. The predicted molar refractivity (Wildman–Crippen MR) is 202 cm³/mol. The van der Waals surface area contributed by atoms with Crippen LogP contribution in [0.2, 0.25) is 6.04 Å². The standard InChI is InChI=1S/C42H58O6Si/c1-7-13-21-32(10-4)30-47-38-27-19-16-24-35(38)41(44)49(29-9-3,40(43)34-23-15-18-26-37(34)46-12-6)42(45)36-25-17-20-28-39(36)48-31-33(11-5)22-14-8-2/h15-20,23-28,32-33H,7-14,21-22,29-31H2,1-6H3. The molecular formula is C42H58O6Si. The molecular weight excluding hydrogens is 629 g/mol. The van der Waals surface area contributed by atoms with Crippen molar-refractivity contribution in [3.05, 3.63) is 89.5 Å². The van der Waals surface area contributed by atoms with E-state index in [1.165, 1.54) is 0 Å². The Morgan fingerprint density at radius 1 is 0.531 bits per heavy atom. The molecule has 0 N–H and O–H groups in total. The molecule has 3 rings (SSSR count). The van der Waals surface area contributed by atoms with E-state index >= 15 is 14.4 Å². The van der Waals surface area contributed by atoms with E-state index in [4.69, 9.17) is 14.2 Å². The van der Waals surface area contributed by atoms with E-state index in [9.17, 15) is 0 Å². The lowest BCUT2D eigenvalue weighted by atomic mass is 10.0. The van der Waals surface area contributed by atoms with Gasteiger partial charge in [0.2, 0.25) is 0 Å². The van der Waals surface area contributed by atoms with Crippen molar-refractivity contribution in [2.45, 2.75) is 105 Å². The Hall–Kier alpha value is -3.71. The van der Waals surface area contributed by atoms with Crippen molar-refractivity contribution >= 4 is 24.3 Å². The second kappa shape index (κ2) is 20.7. The summed E-state index contributed by atoms with van der Waals surface area (Å²) >= 11 is 0. The molecule has 0 aliphatic carbocycles. The van der Waals surface area contributed by atoms with Crippen LogP contribution < -0.4 is 14.2 Å². The lowest BCUT2D eigenvalue weighted by Gasteiger charge is -2.29. The van der Waals surface area contributed by atoms with E-state index in [2.05, 4.69) is 27.7 Å². The molecule has 0 aliphatic heterocycles. The second-order valence-electron chi connectivity index (χ2n) is 13.0. The third kappa shape index (κ3) is 10.2. The van der Waals surface area contributed by atoms with Crippen LogP contribution >= 0.6 is 0 Å². The van der Waals surface area contributed by atoms with Crippen molar-refractivity contribution in [1.82, 2.24) is 0 Å². The smallest absolute Gasteiger partial charge is 0.298 e. The van der Waals surface area contributed by atoms with Gasteiger partial charge in [0.25, 0.3) is 8.07 Å². The highest BCUT2D eigenvalue weighted by atomic mass is 28.3. The Balaban J connectivity index is 2.20. The van der Waals surface area contributed by atoms with E-state index in [0.29, 0.717) is 55.3 Å². The third-order valence-corrected chi connectivity index (χ3v) is 13.9. The average molecular weight is 687 g/mol. The van der Waals surface area contributed by atoms with Crippen LogP contribution in [-0.2, 0) is 0 Å². The molecule has 6 nitrogen and oxygen atoms in total. The van der Waals surface area contributed by atoms with E-state index in [1.807, 2.05) is 26.0 Å². The van der Waals surface area contributed by atoms with Crippen molar-refractivity contribution < 1.29 is 28.6 Å². The zero-order valence-corrected chi connectivity index (χ0v) is 31.7. The fourth-order valence-electron chi connectivity index (χ4n) is 6.42. The lowest BCUT2D eigenvalue weighted by molar-refractivity contribution is 0.0975. The Kier molecular flexibility index (Phi) is 16.8. The molecule has 2 unspecified atom stereocenters. The fourth-order valence-corrected chi connectivity index (χ4v) is 10.5. The molecule has 0 radical (unpaired) electrons. The van der Waals surface area contributed by atoms with Crippen LogP contribution in [0.25, 0.3) is 0 Å². The average Bonchev–Trinajstić information content (AvgIpc) is 3.14. The number of benzene rings is 3. The summed E-state index contributed by atoms with van der Waals surface area (Å²) < 4.78 is 18.7. The molecule has 0 aliphatic rings. The Morgan fingerprint density at radius 3 is 1.22 bits per heavy atom. The highest BCUT2D eigenvalue weighted by Gasteiger charge is 2.57. The summed E-state index contributed by atoms with van der Waals surface area (Å²) in [5, 5.41) is -1.31. The summed E-state index contributed by atoms with van der Waals surface area (Å²) in [4.78, 5) is 45.7. The molecule has 2 atom stereocenters. The monoisotopic (exact) mass is 686 g/mol. The number of ether oxygens (including phenoxy) is 3. The minimum absolute atomic E-state index is 0.148. The highest BCUT2D eigenvalue weighted by molar-refractivity contribution is 7.43. The van der Waals surface area contributed by atoms with Crippen molar-refractivity contribution in [2.24, 2.45) is 11.8 Å². The summed E-state index contributed by atoms with van der Waals surface area (Å²) in [5.41, 5.74) is 0.833. The van der Waals surface area contributed by atoms with Gasteiger partial charge >= 0.3 is 0 Å². The Bertz CT molecular complexity index is 1410. The van der Waals surface area contributed by atoms with E-state index in [0.717, 1.165) is 51.4 Å². The normalized spacial score (nSPS) is 13.6. The minimum atomic E-state index is -4.28. The van der Waals surface area contributed by atoms with Gasteiger partial charge in [0.05, 0.1) is 36.5 Å². The summed E-state index contributed by atoms with van der Waals surface area (Å²) in [6, 6.07) is 21.3. The van der Waals surface area contributed by atoms with Crippen LogP contribution in [0.15, 0.2) is 72.8 Å². The van der Waals surface area contributed by atoms with E-state index in [-0.39, 0.29) is 22.7 Å². The van der Waals surface area contributed by atoms with E-state index in [1.54, 1.807) is 60.7 Å². The molecule has 49 heavy (non-hydrogen) atoms. The van der Waals surface area contributed by atoms with Gasteiger partial charge in [-0.05, 0) is 74.0 Å². The zero-order valence-electron chi connectivity index (χ0n) is 30.7. The second-order valence-corrected chi connectivity index (χ2v) is 16.7. The van der Waals surface area contributed by atoms with Crippen LogP contribution in [0.4, 0.5) is 0 Å². The maximum Gasteiger partial charge on any atom is 0.298 e. The Labute approximate surface area is 296 Å². The van der Waals surface area contributed by atoms with Crippen LogP contribution in [0, 0.1) is 11.8 Å². The third-order valence-electron chi connectivity index (χ3n) is 9.52. The molecule has 0 fully saturated rings. The number of carbonyl (C=O) groups is 3. The predicted octanol–water partition coefficient (Wildman–Crippen LogP) is 10.7. The van der Waals surface area contributed by atoms with Gasteiger partial charge in [-0.1, -0.05) is 116 Å². The van der Waals surface area contributed by atoms with Crippen LogP contribution in [0.5, 0.6) is 17.2 Å². The highest BCUT2D eigenvalue weighted by Crippen LogP contribution is 2.36. The van der Waals surface area contributed by atoms with Crippen LogP contribution in [-0.4, -0.2) is 44.1 Å². The van der Waals surface area contributed by atoms with Gasteiger partial charge in [-0.2, -0.15) is 0 Å². The topological polar surface area (TPSA) is 78.9 Å².